The number of aromatic nitrogens is 3. The fourth-order valence-electron chi connectivity index (χ4n) is 4.27. The van der Waals surface area contributed by atoms with Crippen molar-refractivity contribution < 1.29 is 13.2 Å². The highest BCUT2D eigenvalue weighted by Crippen LogP contribution is 2.34. The summed E-state index contributed by atoms with van der Waals surface area (Å²) in [5, 5.41) is 5.66. The van der Waals surface area contributed by atoms with Gasteiger partial charge in [-0.15, -0.1) is 13.2 Å². The second-order valence-electron chi connectivity index (χ2n) is 9.10. The summed E-state index contributed by atoms with van der Waals surface area (Å²) in [6.45, 7) is 14.2. The van der Waals surface area contributed by atoms with Crippen molar-refractivity contribution in [1.29, 1.82) is 0 Å². The minimum Gasteiger partial charge on any atom is -0.282 e. The summed E-state index contributed by atoms with van der Waals surface area (Å²) in [5.74, 6) is -0.294. The van der Waals surface area contributed by atoms with Gasteiger partial charge in [-0.25, -0.2) is 13.4 Å². The van der Waals surface area contributed by atoms with Crippen molar-refractivity contribution >= 4 is 54.2 Å². The Kier molecular flexibility index (Phi) is 8.70. The number of sulfonamides is 1. The van der Waals surface area contributed by atoms with Gasteiger partial charge in [-0.3, -0.25) is 14.4 Å². The summed E-state index contributed by atoms with van der Waals surface area (Å²) in [6.07, 6.45) is 3.04. The first-order chi connectivity index (χ1) is 18.5. The van der Waals surface area contributed by atoms with E-state index < -0.39 is 10.0 Å². The maximum atomic E-state index is 13.8. The molecule has 39 heavy (non-hydrogen) atoms. The van der Waals surface area contributed by atoms with Gasteiger partial charge in [-0.1, -0.05) is 35.1 Å². The molecule has 0 aliphatic rings. The van der Waals surface area contributed by atoms with Crippen LogP contribution in [0.15, 0.2) is 72.7 Å². The van der Waals surface area contributed by atoms with Crippen LogP contribution in [0.1, 0.15) is 27.3 Å². The third-order valence-corrected chi connectivity index (χ3v) is 9.25. The zero-order valence-electron chi connectivity index (χ0n) is 22.1. The Morgan fingerprint density at radius 1 is 1.08 bits per heavy atom. The van der Waals surface area contributed by atoms with Crippen LogP contribution >= 0.6 is 22.9 Å². The van der Waals surface area contributed by atoms with Crippen molar-refractivity contribution in [2.75, 3.05) is 24.5 Å². The van der Waals surface area contributed by atoms with Crippen LogP contribution in [0.5, 0.6) is 0 Å². The molecule has 4 rings (SSSR count). The first kappa shape index (κ1) is 28.7. The average Bonchev–Trinajstić information content (AvgIpc) is 3.46. The van der Waals surface area contributed by atoms with E-state index in [4.69, 9.17) is 16.6 Å². The summed E-state index contributed by atoms with van der Waals surface area (Å²) < 4.78 is 30.2. The second kappa shape index (κ2) is 11.8. The maximum absolute atomic E-state index is 13.8. The zero-order chi connectivity index (χ0) is 28.3. The third kappa shape index (κ3) is 6.14. The predicted molar refractivity (Wildman–Crippen MR) is 158 cm³/mol. The molecule has 2 aromatic carbocycles. The number of nitrogens with zero attached hydrogens (tertiary/aromatic N) is 5. The van der Waals surface area contributed by atoms with E-state index in [2.05, 4.69) is 18.3 Å². The molecule has 8 nitrogen and oxygen atoms in total. The molecule has 2 heterocycles. The molecule has 0 radical (unpaired) electrons. The second-order valence-corrected chi connectivity index (χ2v) is 12.5. The molecular formula is C28H30ClN5O3S2. The van der Waals surface area contributed by atoms with E-state index in [1.54, 1.807) is 4.90 Å². The molecule has 0 unspecified atom stereocenters. The molecule has 204 valence electrons. The lowest BCUT2D eigenvalue weighted by molar-refractivity contribution is 0.0985. The molecule has 0 N–H and O–H groups in total. The Hall–Kier alpha value is -3.31. The summed E-state index contributed by atoms with van der Waals surface area (Å²) in [5.41, 5.74) is 3.94. The molecule has 0 spiro atoms. The normalized spacial score (nSPS) is 11.7. The summed E-state index contributed by atoms with van der Waals surface area (Å²) >= 11 is 7.65. The molecule has 0 aliphatic heterocycles. The molecule has 4 aromatic rings. The van der Waals surface area contributed by atoms with Crippen molar-refractivity contribution in [2.24, 2.45) is 0 Å². The molecule has 1 amide bonds. The zero-order valence-corrected chi connectivity index (χ0v) is 24.5. The van der Waals surface area contributed by atoms with Crippen molar-refractivity contribution in [3.8, 4) is 0 Å². The molecule has 2 aromatic heterocycles. The van der Waals surface area contributed by atoms with Gasteiger partial charge in [0.15, 0.2) is 5.13 Å². The standard InChI is InChI=1S/C28H30ClN5O3S2/c1-6-12-32(13-7-2)39(36,37)24-10-8-22(9-11-24)27(35)33(14-15-34-21(5)17-20(4)31-34)28-30-26-19(3)16-23(29)18-25(26)38-28/h6-11,16-18H,1-2,12-15H2,3-5H3. The number of thiazole rings is 1. The number of amides is 1. The molecule has 0 atom stereocenters. The van der Waals surface area contributed by atoms with E-state index >= 15 is 0 Å². The van der Waals surface area contributed by atoms with E-state index in [0.717, 1.165) is 27.2 Å². The van der Waals surface area contributed by atoms with Gasteiger partial charge in [-0.05, 0) is 68.8 Å². The molecule has 11 heteroatoms. The van der Waals surface area contributed by atoms with Gasteiger partial charge < -0.3 is 0 Å². The minimum atomic E-state index is -3.78. The Bertz CT molecular complexity index is 1630. The van der Waals surface area contributed by atoms with Gasteiger partial charge in [0.05, 0.1) is 27.4 Å². The third-order valence-electron chi connectivity index (χ3n) is 6.16. The predicted octanol–water partition coefficient (Wildman–Crippen LogP) is 5.78. The highest BCUT2D eigenvalue weighted by molar-refractivity contribution is 7.89. The summed E-state index contributed by atoms with van der Waals surface area (Å²) in [6, 6.07) is 11.6. The lowest BCUT2D eigenvalue weighted by atomic mass is 10.2. The smallest absolute Gasteiger partial charge is 0.260 e. The average molecular weight is 584 g/mol. The fraction of sp³-hybridized carbons (Fsp3) is 0.250. The highest BCUT2D eigenvalue weighted by atomic mass is 35.5. The van der Waals surface area contributed by atoms with Crippen molar-refractivity contribution in [3.05, 3.63) is 95.3 Å². The largest absolute Gasteiger partial charge is 0.282 e. The van der Waals surface area contributed by atoms with E-state index in [-0.39, 0.29) is 23.9 Å². The van der Waals surface area contributed by atoms with Crippen LogP contribution in [-0.4, -0.2) is 53.0 Å². The van der Waals surface area contributed by atoms with Crippen molar-refractivity contribution in [2.45, 2.75) is 32.2 Å². The molecule has 0 saturated heterocycles. The van der Waals surface area contributed by atoms with Crippen LogP contribution in [0, 0.1) is 20.8 Å². The van der Waals surface area contributed by atoms with E-state index in [9.17, 15) is 13.2 Å². The SMILES string of the molecule is C=CCN(CC=C)S(=O)(=O)c1ccc(C(=O)N(CCn2nc(C)cc2C)c2nc3c(C)cc(Cl)cc3s2)cc1. The number of carbonyl (C=O) groups is 1. The van der Waals surface area contributed by atoms with Gasteiger partial charge >= 0.3 is 0 Å². The van der Waals surface area contributed by atoms with Crippen LogP contribution in [0.4, 0.5) is 5.13 Å². The lowest BCUT2D eigenvalue weighted by Crippen LogP contribution is -2.34. The van der Waals surface area contributed by atoms with Crippen molar-refractivity contribution in [1.82, 2.24) is 19.1 Å². The summed E-state index contributed by atoms with van der Waals surface area (Å²) in [4.78, 5) is 20.3. The van der Waals surface area contributed by atoms with Crippen molar-refractivity contribution in [3.63, 3.8) is 0 Å². The van der Waals surface area contributed by atoms with Gasteiger partial charge in [0.1, 0.15) is 0 Å². The Balaban J connectivity index is 1.69. The van der Waals surface area contributed by atoms with E-state index in [0.29, 0.717) is 28.8 Å². The number of carbonyl (C=O) groups excluding carboxylic acids is 1. The number of benzene rings is 2. The molecule has 0 fully saturated rings. The number of halogens is 1. The summed E-state index contributed by atoms with van der Waals surface area (Å²) in [7, 11) is -3.78. The highest BCUT2D eigenvalue weighted by Gasteiger charge is 2.25. The van der Waals surface area contributed by atoms with Crippen LogP contribution in [-0.2, 0) is 16.6 Å². The van der Waals surface area contributed by atoms with Crippen LogP contribution < -0.4 is 4.90 Å². The number of hydrogen-bond donors (Lipinski definition) is 0. The topological polar surface area (TPSA) is 88.4 Å². The van der Waals surface area contributed by atoms with Gasteiger partial charge in [0, 0.05) is 35.9 Å². The Morgan fingerprint density at radius 3 is 2.33 bits per heavy atom. The number of fused-ring (bicyclic) bond motifs is 1. The van der Waals surface area contributed by atoms with Crippen LogP contribution in [0.25, 0.3) is 10.2 Å². The number of hydrogen-bond acceptors (Lipinski definition) is 6. The first-order valence-corrected chi connectivity index (χ1v) is 14.9. The van der Waals surface area contributed by atoms with E-state index in [1.807, 2.05) is 43.7 Å². The van der Waals surface area contributed by atoms with Crippen LogP contribution in [0.3, 0.4) is 0 Å². The molecule has 0 aliphatic carbocycles. The molecule has 0 bridgehead atoms. The fourth-order valence-corrected chi connectivity index (χ4v) is 7.10. The van der Waals surface area contributed by atoms with Gasteiger partial charge in [0.25, 0.3) is 5.91 Å². The van der Waals surface area contributed by atoms with Gasteiger partial charge in [-0.2, -0.15) is 9.40 Å². The first-order valence-electron chi connectivity index (χ1n) is 12.3. The number of aryl methyl sites for hydroxylation is 3. The Morgan fingerprint density at radius 2 is 1.74 bits per heavy atom. The lowest BCUT2D eigenvalue weighted by Gasteiger charge is -2.21. The Labute approximate surface area is 237 Å². The van der Waals surface area contributed by atoms with E-state index in [1.165, 1.54) is 52.1 Å². The quantitative estimate of drug-likeness (QED) is 0.209. The minimum absolute atomic E-state index is 0.0854. The molecular weight excluding hydrogens is 554 g/mol. The molecule has 0 saturated carbocycles. The maximum Gasteiger partial charge on any atom is 0.260 e. The van der Waals surface area contributed by atoms with Crippen LogP contribution in [0.2, 0.25) is 5.02 Å². The number of rotatable bonds is 11. The van der Waals surface area contributed by atoms with Gasteiger partial charge in [0.2, 0.25) is 10.0 Å². The monoisotopic (exact) mass is 583 g/mol. The number of anilines is 1.